The average Bonchev–Trinajstić information content (AvgIpc) is 2.30. The van der Waals surface area contributed by atoms with E-state index in [4.69, 9.17) is 4.74 Å². The van der Waals surface area contributed by atoms with E-state index in [-0.39, 0.29) is 17.5 Å². The highest BCUT2D eigenvalue weighted by Crippen LogP contribution is 2.42. The predicted molar refractivity (Wildman–Crippen MR) is 47.7 cm³/mol. The van der Waals surface area contributed by atoms with E-state index in [0.29, 0.717) is 5.92 Å². The summed E-state index contributed by atoms with van der Waals surface area (Å²) in [7, 11) is 0. The second-order valence-corrected chi connectivity index (χ2v) is 3.91. The molecule has 1 rings (SSSR count). The Labute approximate surface area is 74.3 Å². The van der Waals surface area contributed by atoms with E-state index in [1.165, 1.54) is 0 Å². The maximum atomic E-state index is 11.5. The number of hydrogen-bond acceptors (Lipinski definition) is 2. The van der Waals surface area contributed by atoms with Crippen LogP contribution in [0.2, 0.25) is 0 Å². The summed E-state index contributed by atoms with van der Waals surface area (Å²) in [6.45, 7) is 8.24. The monoisotopic (exact) mass is 170 g/mol. The Bertz CT molecular complexity index is 188. The van der Waals surface area contributed by atoms with Crippen molar-refractivity contribution in [3.8, 4) is 0 Å². The second kappa shape index (κ2) is 3.08. The van der Waals surface area contributed by atoms with Crippen LogP contribution in [0.25, 0.3) is 0 Å². The number of cyclic esters (lactones) is 1. The van der Waals surface area contributed by atoms with Gasteiger partial charge in [-0.15, -0.1) is 0 Å². The van der Waals surface area contributed by atoms with E-state index < -0.39 is 0 Å². The van der Waals surface area contributed by atoms with Gasteiger partial charge in [0.2, 0.25) is 0 Å². The van der Waals surface area contributed by atoms with Crippen LogP contribution in [0.3, 0.4) is 0 Å². The molecule has 0 aromatic rings. The standard InChI is InChI=1S/C10H18O2/c1-5-8-7(3)10(4,6-2)9(11)12-8/h7-8H,5-6H2,1-4H3/t7-,8-,10+/m1/s1. The lowest BCUT2D eigenvalue weighted by Crippen LogP contribution is -2.28. The number of carbonyl (C=O) groups is 1. The first-order chi connectivity index (χ1) is 5.56. The smallest absolute Gasteiger partial charge is 0.312 e. The summed E-state index contributed by atoms with van der Waals surface area (Å²) in [6.07, 6.45) is 1.95. The van der Waals surface area contributed by atoms with E-state index in [2.05, 4.69) is 20.8 Å². The Morgan fingerprint density at radius 1 is 1.50 bits per heavy atom. The molecule has 1 saturated heterocycles. The van der Waals surface area contributed by atoms with Gasteiger partial charge in [0.1, 0.15) is 6.10 Å². The van der Waals surface area contributed by atoms with Gasteiger partial charge < -0.3 is 4.74 Å². The molecule has 0 spiro atoms. The van der Waals surface area contributed by atoms with E-state index in [9.17, 15) is 4.79 Å². The molecule has 0 aliphatic carbocycles. The minimum Gasteiger partial charge on any atom is -0.462 e. The fourth-order valence-corrected chi connectivity index (χ4v) is 1.87. The van der Waals surface area contributed by atoms with Crippen LogP contribution < -0.4 is 0 Å². The molecule has 1 fully saturated rings. The average molecular weight is 170 g/mol. The Morgan fingerprint density at radius 2 is 2.08 bits per heavy atom. The third-order valence-electron chi connectivity index (χ3n) is 3.42. The highest BCUT2D eigenvalue weighted by atomic mass is 16.6. The number of esters is 1. The summed E-state index contributed by atoms with van der Waals surface area (Å²) in [5, 5.41) is 0. The van der Waals surface area contributed by atoms with Crippen LogP contribution >= 0.6 is 0 Å². The molecule has 0 radical (unpaired) electrons. The summed E-state index contributed by atoms with van der Waals surface area (Å²) in [6, 6.07) is 0. The van der Waals surface area contributed by atoms with Gasteiger partial charge in [-0.1, -0.05) is 20.8 Å². The van der Waals surface area contributed by atoms with Gasteiger partial charge in [0.15, 0.2) is 0 Å². The molecule has 0 bridgehead atoms. The first-order valence-electron chi connectivity index (χ1n) is 4.77. The van der Waals surface area contributed by atoms with Crippen molar-refractivity contribution >= 4 is 5.97 Å². The summed E-state index contributed by atoms with van der Waals surface area (Å²) in [5.41, 5.74) is -0.235. The maximum absolute atomic E-state index is 11.5. The van der Waals surface area contributed by atoms with Crippen LogP contribution in [0.15, 0.2) is 0 Å². The van der Waals surface area contributed by atoms with Gasteiger partial charge in [-0.25, -0.2) is 0 Å². The lowest BCUT2D eigenvalue weighted by molar-refractivity contribution is -0.148. The van der Waals surface area contributed by atoms with Gasteiger partial charge in [0.05, 0.1) is 5.41 Å². The minimum absolute atomic E-state index is 0.00986. The third kappa shape index (κ3) is 1.13. The molecule has 0 N–H and O–H groups in total. The third-order valence-corrected chi connectivity index (χ3v) is 3.42. The normalized spacial score (nSPS) is 41.5. The van der Waals surface area contributed by atoms with Gasteiger partial charge in [-0.2, -0.15) is 0 Å². The van der Waals surface area contributed by atoms with Crippen LogP contribution in [0, 0.1) is 11.3 Å². The first kappa shape index (κ1) is 9.56. The van der Waals surface area contributed by atoms with Crippen molar-refractivity contribution in [3.05, 3.63) is 0 Å². The molecule has 0 aromatic carbocycles. The van der Waals surface area contributed by atoms with Crippen molar-refractivity contribution in [2.45, 2.75) is 46.6 Å². The number of hydrogen-bond donors (Lipinski definition) is 0. The largest absolute Gasteiger partial charge is 0.462 e. The molecule has 70 valence electrons. The molecule has 0 amide bonds. The molecular formula is C10H18O2. The van der Waals surface area contributed by atoms with Gasteiger partial charge in [0.25, 0.3) is 0 Å². The SMILES string of the molecule is CC[C@H]1OC(=O)[C@@](C)(CC)[C@@H]1C. The fourth-order valence-electron chi connectivity index (χ4n) is 1.87. The predicted octanol–water partition coefficient (Wildman–Crippen LogP) is 2.37. The summed E-state index contributed by atoms with van der Waals surface area (Å²) >= 11 is 0. The molecule has 12 heavy (non-hydrogen) atoms. The molecule has 0 unspecified atom stereocenters. The van der Waals surface area contributed by atoms with Crippen LogP contribution in [0.4, 0.5) is 0 Å². The Hall–Kier alpha value is -0.530. The summed E-state index contributed by atoms with van der Waals surface area (Å²) in [4.78, 5) is 11.5. The maximum Gasteiger partial charge on any atom is 0.312 e. The van der Waals surface area contributed by atoms with Crippen molar-refractivity contribution in [3.63, 3.8) is 0 Å². The topological polar surface area (TPSA) is 26.3 Å². The van der Waals surface area contributed by atoms with Gasteiger partial charge in [-0.05, 0) is 19.8 Å². The number of ether oxygens (including phenoxy) is 1. The zero-order valence-electron chi connectivity index (χ0n) is 8.39. The van der Waals surface area contributed by atoms with Gasteiger partial charge in [0, 0.05) is 5.92 Å². The Balaban J connectivity index is 2.83. The molecule has 0 saturated carbocycles. The molecule has 1 heterocycles. The molecule has 2 heteroatoms. The number of carbonyl (C=O) groups excluding carboxylic acids is 1. The van der Waals surface area contributed by atoms with E-state index >= 15 is 0 Å². The highest BCUT2D eigenvalue weighted by molar-refractivity contribution is 5.79. The second-order valence-electron chi connectivity index (χ2n) is 3.91. The quantitative estimate of drug-likeness (QED) is 0.595. The van der Waals surface area contributed by atoms with Gasteiger partial charge >= 0.3 is 5.97 Å². The van der Waals surface area contributed by atoms with Crippen LogP contribution in [0.5, 0.6) is 0 Å². The van der Waals surface area contributed by atoms with Crippen molar-refractivity contribution in [2.24, 2.45) is 11.3 Å². The van der Waals surface area contributed by atoms with E-state index in [0.717, 1.165) is 12.8 Å². The van der Waals surface area contributed by atoms with Crippen LogP contribution in [0.1, 0.15) is 40.5 Å². The molecular weight excluding hydrogens is 152 g/mol. The summed E-state index contributed by atoms with van der Waals surface area (Å²) < 4.78 is 5.29. The fraction of sp³-hybridized carbons (Fsp3) is 0.900. The van der Waals surface area contributed by atoms with Crippen molar-refractivity contribution in [2.75, 3.05) is 0 Å². The molecule has 0 aromatic heterocycles. The van der Waals surface area contributed by atoms with Gasteiger partial charge in [-0.3, -0.25) is 4.79 Å². The Morgan fingerprint density at radius 3 is 2.33 bits per heavy atom. The van der Waals surface area contributed by atoms with E-state index in [1.54, 1.807) is 0 Å². The number of rotatable bonds is 2. The van der Waals surface area contributed by atoms with Crippen molar-refractivity contribution < 1.29 is 9.53 Å². The lowest BCUT2D eigenvalue weighted by atomic mass is 9.75. The van der Waals surface area contributed by atoms with Crippen molar-refractivity contribution in [1.82, 2.24) is 0 Å². The first-order valence-corrected chi connectivity index (χ1v) is 4.77. The minimum atomic E-state index is -0.235. The molecule has 3 atom stereocenters. The summed E-state index contributed by atoms with van der Waals surface area (Å²) in [5.74, 6) is 0.351. The van der Waals surface area contributed by atoms with E-state index in [1.807, 2.05) is 6.92 Å². The highest BCUT2D eigenvalue weighted by Gasteiger charge is 2.49. The van der Waals surface area contributed by atoms with Crippen molar-refractivity contribution in [1.29, 1.82) is 0 Å². The lowest BCUT2D eigenvalue weighted by Gasteiger charge is -2.23. The van der Waals surface area contributed by atoms with Crippen LogP contribution in [-0.4, -0.2) is 12.1 Å². The zero-order chi connectivity index (χ0) is 9.35. The molecule has 1 aliphatic rings. The molecule has 1 aliphatic heterocycles. The Kier molecular flexibility index (Phi) is 2.45. The molecule has 2 nitrogen and oxygen atoms in total. The van der Waals surface area contributed by atoms with Crippen LogP contribution in [-0.2, 0) is 9.53 Å². The zero-order valence-corrected chi connectivity index (χ0v) is 8.39.